The molecule has 3 N–H and O–H groups in total. The first-order valence-electron chi connectivity index (χ1n) is 13.0. The first-order chi connectivity index (χ1) is 18.7. The van der Waals surface area contributed by atoms with Gasteiger partial charge in [0.2, 0.25) is 0 Å². The summed E-state index contributed by atoms with van der Waals surface area (Å²) in [4.78, 5) is 30.0. The highest BCUT2D eigenvalue weighted by Gasteiger charge is 2.41. The minimum Gasteiger partial charge on any atom is -0.435 e. The quantitative estimate of drug-likeness (QED) is 0.266. The number of rotatable bonds is 8. The average Bonchev–Trinajstić information content (AvgIpc) is 3.29. The van der Waals surface area contributed by atoms with Crippen molar-refractivity contribution in [1.29, 1.82) is 0 Å². The molecule has 0 bridgehead atoms. The first kappa shape index (κ1) is 26.0. The van der Waals surface area contributed by atoms with Gasteiger partial charge in [0.05, 0.1) is 22.5 Å². The van der Waals surface area contributed by atoms with Gasteiger partial charge in [0.25, 0.3) is 5.91 Å². The minimum atomic E-state index is -0.946. The number of carbonyl (C=O) groups is 2. The summed E-state index contributed by atoms with van der Waals surface area (Å²) in [5, 5.41) is 3.09. The van der Waals surface area contributed by atoms with E-state index in [0.717, 1.165) is 52.9 Å². The maximum Gasteiger partial charge on any atom is 0.409 e. The molecule has 0 radical (unpaired) electrons. The van der Waals surface area contributed by atoms with Gasteiger partial charge in [0, 0.05) is 17.3 Å². The van der Waals surface area contributed by atoms with Gasteiger partial charge in [0.15, 0.2) is 5.65 Å². The smallest absolute Gasteiger partial charge is 0.409 e. The highest BCUT2D eigenvalue weighted by atomic mass is 16.6. The predicted molar refractivity (Wildman–Crippen MR) is 153 cm³/mol. The van der Waals surface area contributed by atoms with E-state index in [-0.39, 0.29) is 0 Å². The molecule has 2 heterocycles. The van der Waals surface area contributed by atoms with Crippen LogP contribution in [0.2, 0.25) is 0 Å². The van der Waals surface area contributed by atoms with Crippen LogP contribution in [0.15, 0.2) is 92.2 Å². The normalized spacial score (nSPS) is 14.3. The van der Waals surface area contributed by atoms with Gasteiger partial charge in [-0.05, 0) is 62.5 Å². The van der Waals surface area contributed by atoms with E-state index in [1.54, 1.807) is 25.1 Å². The molecule has 1 aliphatic rings. The van der Waals surface area contributed by atoms with Crippen molar-refractivity contribution in [3.63, 3.8) is 0 Å². The van der Waals surface area contributed by atoms with Crippen LogP contribution in [0, 0.1) is 6.92 Å². The fourth-order valence-electron chi connectivity index (χ4n) is 5.09. The van der Waals surface area contributed by atoms with E-state index in [0.29, 0.717) is 11.2 Å². The Morgan fingerprint density at radius 3 is 2.31 bits per heavy atom. The van der Waals surface area contributed by atoms with E-state index in [9.17, 15) is 9.59 Å². The molecule has 1 fully saturated rings. The third kappa shape index (κ3) is 4.72. The van der Waals surface area contributed by atoms with Crippen molar-refractivity contribution in [2.24, 2.45) is 5.73 Å². The fraction of sp³-hybridized carbons (Fsp3) is 0.219. The van der Waals surface area contributed by atoms with Crippen LogP contribution in [-0.2, 0) is 10.3 Å². The van der Waals surface area contributed by atoms with Gasteiger partial charge >= 0.3 is 6.09 Å². The maximum absolute atomic E-state index is 12.8. The molecule has 1 aliphatic carbocycles. The van der Waals surface area contributed by atoms with E-state index in [1.165, 1.54) is 0 Å². The van der Waals surface area contributed by atoms with E-state index in [2.05, 4.69) is 18.5 Å². The second-order valence-electron chi connectivity index (χ2n) is 10.3. The summed E-state index contributed by atoms with van der Waals surface area (Å²) < 4.78 is 7.52. The van der Waals surface area contributed by atoms with Crippen LogP contribution in [0.3, 0.4) is 0 Å². The molecular formula is C32H32N4O3. The number of carbonyl (C=O) groups excluding carboxylic acids is 2. The lowest BCUT2D eigenvalue weighted by molar-refractivity contribution is 0.0683. The SMILES string of the molecule is C=CC(C)(C=C)OC(=O)NC1(c2ccc(-c3nc4c(C(N)=O)cc(C)cn4c3-c3ccccc3)cc2)CCC1. The number of alkyl carbamates (subject to hydrolysis) is 1. The van der Waals surface area contributed by atoms with Gasteiger partial charge in [-0.2, -0.15) is 0 Å². The highest BCUT2D eigenvalue weighted by Crippen LogP contribution is 2.42. The van der Waals surface area contributed by atoms with Gasteiger partial charge in [-0.1, -0.05) is 67.8 Å². The lowest BCUT2D eigenvalue weighted by Gasteiger charge is -2.43. The molecule has 2 aromatic carbocycles. The number of ether oxygens (including phenoxy) is 1. The Kier molecular flexibility index (Phi) is 6.60. The van der Waals surface area contributed by atoms with Crippen LogP contribution in [0.25, 0.3) is 28.2 Å². The molecule has 198 valence electrons. The molecule has 0 unspecified atom stereocenters. The number of nitrogens with zero attached hydrogens (tertiary/aromatic N) is 2. The molecule has 0 saturated heterocycles. The molecule has 7 nitrogen and oxygen atoms in total. The third-order valence-electron chi connectivity index (χ3n) is 7.55. The molecule has 0 atom stereocenters. The van der Waals surface area contributed by atoms with Crippen LogP contribution >= 0.6 is 0 Å². The van der Waals surface area contributed by atoms with Crippen molar-refractivity contribution in [3.8, 4) is 22.5 Å². The lowest BCUT2D eigenvalue weighted by Crippen LogP contribution is -2.52. The van der Waals surface area contributed by atoms with Crippen molar-refractivity contribution in [3.05, 3.63) is 109 Å². The van der Waals surface area contributed by atoms with Crippen molar-refractivity contribution in [2.45, 2.75) is 44.2 Å². The van der Waals surface area contributed by atoms with Crippen LogP contribution in [-0.4, -0.2) is 27.0 Å². The summed E-state index contributed by atoms with van der Waals surface area (Å²) in [6, 6.07) is 19.8. The topological polar surface area (TPSA) is 98.7 Å². The third-order valence-corrected chi connectivity index (χ3v) is 7.55. The summed E-state index contributed by atoms with van der Waals surface area (Å²) in [6.45, 7) is 11.1. The Bertz CT molecular complexity index is 1570. The number of nitrogens with two attached hydrogens (primary N) is 1. The van der Waals surface area contributed by atoms with Crippen LogP contribution in [0.4, 0.5) is 4.79 Å². The number of primary amides is 1. The summed E-state index contributed by atoms with van der Waals surface area (Å²) in [7, 11) is 0. The highest BCUT2D eigenvalue weighted by molar-refractivity contribution is 6.00. The number of amides is 2. The Morgan fingerprint density at radius 2 is 1.74 bits per heavy atom. The van der Waals surface area contributed by atoms with Crippen LogP contribution in [0.1, 0.15) is 47.7 Å². The number of aromatic nitrogens is 2. The number of hydrogen-bond donors (Lipinski definition) is 2. The molecule has 39 heavy (non-hydrogen) atoms. The Morgan fingerprint density at radius 1 is 1.08 bits per heavy atom. The zero-order chi connectivity index (χ0) is 27.8. The standard InChI is InChI=1S/C32H32N4O3/c1-5-31(4,6-2)39-30(38)35-32(17-10-18-32)24-15-13-22(14-16-24)26-27(23-11-8-7-9-12-23)36-20-21(3)19-25(28(33)37)29(36)34-26/h5-9,11-16,19-20H,1-2,10,17-18H2,3-4H3,(H2,33,37)(H,35,38). The van der Waals surface area contributed by atoms with Gasteiger partial charge in [-0.3, -0.25) is 9.20 Å². The van der Waals surface area contributed by atoms with Crippen molar-refractivity contribution < 1.29 is 14.3 Å². The Labute approximate surface area is 228 Å². The largest absolute Gasteiger partial charge is 0.435 e. The maximum atomic E-state index is 12.8. The number of benzene rings is 2. The van der Waals surface area contributed by atoms with Gasteiger partial charge in [-0.15, -0.1) is 0 Å². The number of imidazole rings is 1. The second-order valence-corrected chi connectivity index (χ2v) is 10.3. The van der Waals surface area contributed by atoms with Gasteiger partial charge in [-0.25, -0.2) is 9.78 Å². The molecule has 2 amide bonds. The van der Waals surface area contributed by atoms with E-state index >= 15 is 0 Å². The summed E-state index contributed by atoms with van der Waals surface area (Å²) >= 11 is 0. The molecule has 4 aromatic rings. The molecule has 5 rings (SSSR count). The van der Waals surface area contributed by atoms with E-state index in [4.69, 9.17) is 15.5 Å². The molecule has 7 heteroatoms. The van der Waals surface area contributed by atoms with Crippen molar-refractivity contribution in [1.82, 2.24) is 14.7 Å². The summed E-state index contributed by atoms with van der Waals surface area (Å²) in [5.41, 5.74) is 10.5. The summed E-state index contributed by atoms with van der Waals surface area (Å²) in [6.07, 6.45) is 7.17. The minimum absolute atomic E-state index is 0.372. The Hall–Kier alpha value is -4.65. The number of fused-ring (bicyclic) bond motifs is 1. The predicted octanol–water partition coefficient (Wildman–Crippen LogP) is 6.31. The molecule has 0 spiro atoms. The van der Waals surface area contributed by atoms with Crippen molar-refractivity contribution in [2.75, 3.05) is 0 Å². The summed E-state index contributed by atoms with van der Waals surface area (Å²) in [5.74, 6) is -0.524. The number of aryl methyl sites for hydroxylation is 1. The fourth-order valence-corrected chi connectivity index (χ4v) is 5.09. The zero-order valence-electron chi connectivity index (χ0n) is 22.2. The second kappa shape index (κ2) is 9.91. The van der Waals surface area contributed by atoms with Crippen molar-refractivity contribution >= 4 is 17.6 Å². The number of nitrogens with one attached hydrogen (secondary N) is 1. The molecule has 1 saturated carbocycles. The molecule has 0 aliphatic heterocycles. The van der Waals surface area contributed by atoms with Gasteiger partial charge < -0.3 is 15.8 Å². The number of pyridine rings is 1. The Balaban J connectivity index is 1.55. The van der Waals surface area contributed by atoms with Crippen LogP contribution in [0.5, 0.6) is 0 Å². The van der Waals surface area contributed by atoms with E-state index < -0.39 is 23.1 Å². The average molecular weight is 521 g/mol. The zero-order valence-corrected chi connectivity index (χ0v) is 22.2. The van der Waals surface area contributed by atoms with Gasteiger partial charge in [0.1, 0.15) is 5.60 Å². The number of hydrogen-bond acceptors (Lipinski definition) is 4. The van der Waals surface area contributed by atoms with E-state index in [1.807, 2.05) is 72.1 Å². The first-order valence-corrected chi connectivity index (χ1v) is 13.0. The lowest BCUT2D eigenvalue weighted by atomic mass is 9.71. The van der Waals surface area contributed by atoms with Crippen LogP contribution < -0.4 is 11.1 Å². The molecule has 2 aromatic heterocycles. The molecular weight excluding hydrogens is 488 g/mol. The monoisotopic (exact) mass is 520 g/mol.